The van der Waals surface area contributed by atoms with Crippen molar-refractivity contribution >= 4 is 5.71 Å². The lowest BCUT2D eigenvalue weighted by molar-refractivity contribution is 0.129. The minimum absolute atomic E-state index is 0.523. The molecule has 2 aromatic rings. The molecule has 0 spiro atoms. The number of para-hydroxylation sites is 1. The van der Waals surface area contributed by atoms with E-state index in [0.717, 1.165) is 42.9 Å². The fraction of sp³-hybridized carbons (Fsp3) is 0.316. The second-order valence-corrected chi connectivity index (χ2v) is 5.20. The summed E-state index contributed by atoms with van der Waals surface area (Å²) in [6.45, 7) is 3.26. The van der Waals surface area contributed by atoms with Crippen molar-refractivity contribution in [1.29, 1.82) is 0 Å². The number of hydrogen-bond acceptors (Lipinski definition) is 3. The van der Waals surface area contributed by atoms with Crippen molar-refractivity contribution < 1.29 is 9.57 Å². The summed E-state index contributed by atoms with van der Waals surface area (Å²) in [6, 6.07) is 20.0. The summed E-state index contributed by atoms with van der Waals surface area (Å²) in [6.07, 6.45) is 3.00. The fourth-order valence-electron chi connectivity index (χ4n) is 2.03. The van der Waals surface area contributed by atoms with Gasteiger partial charge in [0.05, 0.1) is 12.3 Å². The van der Waals surface area contributed by atoms with Gasteiger partial charge in [0.25, 0.3) is 0 Å². The van der Waals surface area contributed by atoms with Crippen LogP contribution in [0, 0.1) is 0 Å². The van der Waals surface area contributed by atoms with E-state index in [9.17, 15) is 0 Å². The average Bonchev–Trinajstić information content (AvgIpc) is 2.56. The van der Waals surface area contributed by atoms with Crippen LogP contribution in [0.1, 0.15) is 31.7 Å². The highest BCUT2D eigenvalue weighted by Gasteiger charge is 1.96. The van der Waals surface area contributed by atoms with Crippen molar-refractivity contribution in [1.82, 2.24) is 0 Å². The lowest BCUT2D eigenvalue weighted by Gasteiger charge is -2.06. The average molecular weight is 297 g/mol. The Morgan fingerprint density at radius 3 is 2.32 bits per heavy atom. The minimum Gasteiger partial charge on any atom is -0.494 e. The van der Waals surface area contributed by atoms with Crippen LogP contribution in [0.2, 0.25) is 0 Å². The zero-order chi connectivity index (χ0) is 15.5. The molecule has 0 amide bonds. The first kappa shape index (κ1) is 16.1. The molecule has 0 unspecified atom stereocenters. The van der Waals surface area contributed by atoms with Crippen LogP contribution >= 0.6 is 0 Å². The van der Waals surface area contributed by atoms with Gasteiger partial charge in [-0.05, 0) is 43.9 Å². The van der Waals surface area contributed by atoms with Gasteiger partial charge in [-0.3, -0.25) is 0 Å². The van der Waals surface area contributed by atoms with Crippen LogP contribution in [0.4, 0.5) is 0 Å². The number of hydrogen-bond donors (Lipinski definition) is 0. The Bertz CT molecular complexity index is 552. The van der Waals surface area contributed by atoms with Crippen molar-refractivity contribution in [3.8, 4) is 5.75 Å². The molecule has 3 heteroatoms. The van der Waals surface area contributed by atoms with E-state index in [2.05, 4.69) is 5.16 Å². The molecule has 0 atom stereocenters. The molecule has 3 nitrogen and oxygen atoms in total. The molecule has 0 N–H and O–H groups in total. The number of rotatable bonds is 9. The smallest absolute Gasteiger partial charge is 0.142 e. The molecule has 0 saturated carbocycles. The van der Waals surface area contributed by atoms with E-state index >= 15 is 0 Å². The summed E-state index contributed by atoms with van der Waals surface area (Å²) in [7, 11) is 0. The van der Waals surface area contributed by atoms with E-state index in [-0.39, 0.29) is 0 Å². The Balaban J connectivity index is 1.55. The highest BCUT2D eigenvalue weighted by Crippen LogP contribution is 2.09. The number of benzene rings is 2. The molecule has 2 aromatic carbocycles. The maximum absolute atomic E-state index is 5.66. The SMILES string of the molecule is C/C(CCCCOc1ccccc1)=N\OCc1ccccc1. The number of ether oxygens (including phenoxy) is 1. The molecule has 0 fully saturated rings. The van der Waals surface area contributed by atoms with Crippen LogP contribution in [-0.2, 0) is 11.4 Å². The van der Waals surface area contributed by atoms with Crippen LogP contribution in [0.5, 0.6) is 5.75 Å². The Morgan fingerprint density at radius 2 is 1.59 bits per heavy atom. The van der Waals surface area contributed by atoms with E-state index in [0.29, 0.717) is 6.61 Å². The summed E-state index contributed by atoms with van der Waals surface area (Å²) in [5.74, 6) is 0.930. The van der Waals surface area contributed by atoms with E-state index < -0.39 is 0 Å². The van der Waals surface area contributed by atoms with Crippen molar-refractivity contribution in [2.45, 2.75) is 32.8 Å². The van der Waals surface area contributed by atoms with Gasteiger partial charge in [-0.15, -0.1) is 0 Å². The van der Waals surface area contributed by atoms with Crippen LogP contribution < -0.4 is 4.74 Å². The molecule has 0 aliphatic rings. The van der Waals surface area contributed by atoms with Gasteiger partial charge in [-0.1, -0.05) is 53.7 Å². The molecular weight excluding hydrogens is 274 g/mol. The van der Waals surface area contributed by atoms with Crippen molar-refractivity contribution in [2.24, 2.45) is 5.16 Å². The van der Waals surface area contributed by atoms with Crippen molar-refractivity contribution in [2.75, 3.05) is 6.61 Å². The molecule has 0 saturated heterocycles. The summed E-state index contributed by atoms with van der Waals surface area (Å²) >= 11 is 0. The lowest BCUT2D eigenvalue weighted by Crippen LogP contribution is -2.00. The predicted molar refractivity (Wildman–Crippen MR) is 90.1 cm³/mol. The van der Waals surface area contributed by atoms with E-state index in [1.807, 2.05) is 67.6 Å². The highest BCUT2D eigenvalue weighted by molar-refractivity contribution is 5.81. The fourth-order valence-corrected chi connectivity index (χ4v) is 2.03. The second kappa shape index (κ2) is 9.61. The van der Waals surface area contributed by atoms with Crippen LogP contribution in [0.25, 0.3) is 0 Å². The van der Waals surface area contributed by atoms with E-state index in [1.165, 1.54) is 0 Å². The monoisotopic (exact) mass is 297 g/mol. The van der Waals surface area contributed by atoms with E-state index in [4.69, 9.17) is 9.57 Å². The molecule has 0 aromatic heterocycles. The molecule has 0 radical (unpaired) electrons. The third-order valence-corrected chi connectivity index (χ3v) is 3.24. The Kier molecular flexibility index (Phi) is 7.03. The predicted octanol–water partition coefficient (Wildman–Crippen LogP) is 4.83. The number of oxime groups is 1. The molecule has 0 aliphatic heterocycles. The second-order valence-electron chi connectivity index (χ2n) is 5.20. The van der Waals surface area contributed by atoms with Crippen molar-refractivity contribution in [3.05, 3.63) is 66.2 Å². The van der Waals surface area contributed by atoms with Crippen LogP contribution in [0.15, 0.2) is 65.8 Å². The third kappa shape index (κ3) is 6.44. The highest BCUT2D eigenvalue weighted by atomic mass is 16.6. The lowest BCUT2D eigenvalue weighted by atomic mass is 10.2. The number of unbranched alkanes of at least 4 members (excludes halogenated alkanes) is 1. The zero-order valence-corrected chi connectivity index (χ0v) is 13.1. The van der Waals surface area contributed by atoms with Crippen LogP contribution in [-0.4, -0.2) is 12.3 Å². The quantitative estimate of drug-likeness (QED) is 0.377. The molecule has 2 rings (SSSR count). The number of nitrogens with zero attached hydrogens (tertiary/aromatic N) is 1. The van der Waals surface area contributed by atoms with Gasteiger partial charge < -0.3 is 9.57 Å². The van der Waals surface area contributed by atoms with Gasteiger partial charge in [0.2, 0.25) is 0 Å². The summed E-state index contributed by atoms with van der Waals surface area (Å²) in [5, 5.41) is 4.15. The Morgan fingerprint density at radius 1 is 0.909 bits per heavy atom. The Hall–Kier alpha value is -2.29. The van der Waals surface area contributed by atoms with Gasteiger partial charge in [0.15, 0.2) is 0 Å². The normalized spacial score (nSPS) is 11.2. The standard InChI is InChI=1S/C19H23NO2/c1-17(20-22-16-18-11-4-2-5-12-18)10-8-9-15-21-19-13-6-3-7-14-19/h2-7,11-14H,8-10,15-16H2,1H3/b20-17+. The maximum atomic E-state index is 5.66. The molecule has 0 bridgehead atoms. The first-order valence-corrected chi connectivity index (χ1v) is 7.72. The molecule has 22 heavy (non-hydrogen) atoms. The van der Waals surface area contributed by atoms with Gasteiger partial charge in [0, 0.05) is 0 Å². The zero-order valence-electron chi connectivity index (χ0n) is 13.1. The maximum Gasteiger partial charge on any atom is 0.142 e. The van der Waals surface area contributed by atoms with Gasteiger partial charge >= 0.3 is 0 Å². The summed E-state index contributed by atoms with van der Waals surface area (Å²) in [5.41, 5.74) is 2.16. The molecule has 0 aliphatic carbocycles. The Labute approximate surface area is 132 Å². The van der Waals surface area contributed by atoms with Crippen molar-refractivity contribution in [3.63, 3.8) is 0 Å². The van der Waals surface area contributed by atoms with Gasteiger partial charge in [-0.2, -0.15) is 0 Å². The molecule has 116 valence electrons. The first-order chi connectivity index (χ1) is 10.8. The first-order valence-electron chi connectivity index (χ1n) is 7.72. The van der Waals surface area contributed by atoms with Gasteiger partial charge in [-0.25, -0.2) is 0 Å². The van der Waals surface area contributed by atoms with Gasteiger partial charge in [0.1, 0.15) is 12.4 Å². The summed E-state index contributed by atoms with van der Waals surface area (Å²) < 4.78 is 5.66. The topological polar surface area (TPSA) is 30.8 Å². The summed E-state index contributed by atoms with van der Waals surface area (Å²) in [4.78, 5) is 5.36. The largest absolute Gasteiger partial charge is 0.494 e. The van der Waals surface area contributed by atoms with E-state index in [1.54, 1.807) is 0 Å². The van der Waals surface area contributed by atoms with Crippen LogP contribution in [0.3, 0.4) is 0 Å². The molecular formula is C19H23NO2. The third-order valence-electron chi connectivity index (χ3n) is 3.24. The minimum atomic E-state index is 0.523. The molecule has 0 heterocycles.